The van der Waals surface area contributed by atoms with E-state index in [0.29, 0.717) is 132 Å². The lowest BCUT2D eigenvalue weighted by molar-refractivity contribution is -0.145. The van der Waals surface area contributed by atoms with Gasteiger partial charge in [0.25, 0.3) is 0 Å². The van der Waals surface area contributed by atoms with E-state index in [1.807, 2.05) is 13.8 Å². The molecule has 0 aliphatic heterocycles. The molecule has 0 saturated carbocycles. The van der Waals surface area contributed by atoms with Crippen molar-refractivity contribution in [2.24, 2.45) is 0 Å². The fourth-order valence-electron chi connectivity index (χ4n) is 4.07. The van der Waals surface area contributed by atoms with Crippen LogP contribution in [0.5, 0.6) is 0 Å². The molecule has 12 nitrogen and oxygen atoms in total. The zero-order valence-electron chi connectivity index (χ0n) is 30.2. The average Bonchev–Trinajstić information content (AvgIpc) is 3.06. The van der Waals surface area contributed by atoms with E-state index in [9.17, 15) is 4.79 Å². The SMILES string of the molecule is CCCCCCCCCCCC(=O)OCCOCCOCCOCCOCCOCCOCCOCCOCCOCCOC(C)C. The van der Waals surface area contributed by atoms with E-state index in [-0.39, 0.29) is 18.7 Å². The maximum absolute atomic E-state index is 11.8. The minimum absolute atomic E-state index is 0.135. The lowest BCUT2D eigenvalue weighted by Gasteiger charge is -2.09. The predicted molar refractivity (Wildman–Crippen MR) is 181 cm³/mol. The standard InChI is InChI=1S/C35H70O12/c1-4-5-6-7-8-9-10-11-12-13-35(36)47-33-31-45-29-27-43-25-23-41-21-19-39-17-15-37-14-16-38-18-20-40-22-24-42-26-28-44-30-32-46-34(2)3/h34H,4-33H2,1-3H3. The number of carbonyl (C=O) groups is 1. The molecule has 0 bridgehead atoms. The molecule has 0 saturated heterocycles. The van der Waals surface area contributed by atoms with E-state index in [2.05, 4.69) is 6.92 Å². The highest BCUT2D eigenvalue weighted by molar-refractivity contribution is 5.69. The van der Waals surface area contributed by atoms with Crippen molar-refractivity contribution in [3.63, 3.8) is 0 Å². The molecule has 0 aliphatic rings. The normalized spacial score (nSPS) is 11.6. The summed E-state index contributed by atoms with van der Waals surface area (Å²) in [5, 5.41) is 0. The van der Waals surface area contributed by atoms with Crippen molar-refractivity contribution < 1.29 is 56.9 Å². The Balaban J connectivity index is 3.11. The number of carbonyl (C=O) groups excluding carboxylic acids is 1. The lowest BCUT2D eigenvalue weighted by atomic mass is 10.1. The molecular weight excluding hydrogens is 612 g/mol. The highest BCUT2D eigenvalue weighted by atomic mass is 16.6. The zero-order valence-corrected chi connectivity index (χ0v) is 30.2. The van der Waals surface area contributed by atoms with Crippen molar-refractivity contribution in [2.75, 3.05) is 132 Å². The number of esters is 1. The van der Waals surface area contributed by atoms with Crippen molar-refractivity contribution in [3.8, 4) is 0 Å². The van der Waals surface area contributed by atoms with Crippen LogP contribution in [-0.2, 0) is 56.9 Å². The van der Waals surface area contributed by atoms with Crippen LogP contribution in [0.3, 0.4) is 0 Å². The zero-order chi connectivity index (χ0) is 34.1. The van der Waals surface area contributed by atoms with Gasteiger partial charge in [-0.3, -0.25) is 4.79 Å². The summed E-state index contributed by atoms with van der Waals surface area (Å²) in [5.74, 6) is -0.135. The minimum Gasteiger partial charge on any atom is -0.463 e. The fourth-order valence-corrected chi connectivity index (χ4v) is 4.07. The summed E-state index contributed by atoms with van der Waals surface area (Å²) < 4.78 is 59.8. The van der Waals surface area contributed by atoms with E-state index >= 15 is 0 Å². The Hall–Kier alpha value is -0.930. The first-order valence-corrected chi connectivity index (χ1v) is 18.1. The molecular formula is C35H70O12. The van der Waals surface area contributed by atoms with E-state index in [4.69, 9.17) is 52.1 Å². The Labute approximate surface area is 286 Å². The molecule has 282 valence electrons. The van der Waals surface area contributed by atoms with Gasteiger partial charge in [-0.2, -0.15) is 0 Å². The molecule has 0 aromatic carbocycles. The van der Waals surface area contributed by atoms with Crippen LogP contribution in [0.25, 0.3) is 0 Å². The summed E-state index contributed by atoms with van der Waals surface area (Å²) in [7, 11) is 0. The molecule has 0 radical (unpaired) electrons. The van der Waals surface area contributed by atoms with Gasteiger partial charge < -0.3 is 52.1 Å². The van der Waals surface area contributed by atoms with Gasteiger partial charge in [0.1, 0.15) is 6.61 Å². The second-order valence-corrected chi connectivity index (χ2v) is 11.2. The van der Waals surface area contributed by atoms with Crippen LogP contribution >= 0.6 is 0 Å². The Kier molecular flexibility index (Phi) is 40.4. The molecule has 0 unspecified atom stereocenters. The van der Waals surface area contributed by atoms with Crippen LogP contribution in [0.4, 0.5) is 0 Å². The Morgan fingerprint density at radius 1 is 0.383 bits per heavy atom. The number of hydrogen-bond donors (Lipinski definition) is 0. The predicted octanol–water partition coefficient (Wildman–Crippen LogP) is 5.02. The fraction of sp³-hybridized carbons (Fsp3) is 0.971. The van der Waals surface area contributed by atoms with Gasteiger partial charge in [0.2, 0.25) is 0 Å². The van der Waals surface area contributed by atoms with E-state index < -0.39 is 0 Å². The van der Waals surface area contributed by atoms with Gasteiger partial charge >= 0.3 is 5.97 Å². The number of hydrogen-bond acceptors (Lipinski definition) is 12. The topological polar surface area (TPSA) is 119 Å². The Morgan fingerprint density at radius 3 is 0.979 bits per heavy atom. The second kappa shape index (κ2) is 41.2. The van der Waals surface area contributed by atoms with Crippen LogP contribution < -0.4 is 0 Å². The van der Waals surface area contributed by atoms with Gasteiger partial charge in [-0.15, -0.1) is 0 Å². The third kappa shape index (κ3) is 43.0. The summed E-state index contributed by atoms with van der Waals surface area (Å²) >= 11 is 0. The van der Waals surface area contributed by atoms with Gasteiger partial charge in [0, 0.05) is 6.42 Å². The number of unbranched alkanes of at least 4 members (excludes halogenated alkanes) is 8. The first-order valence-electron chi connectivity index (χ1n) is 18.1. The van der Waals surface area contributed by atoms with Gasteiger partial charge in [0.05, 0.1) is 132 Å². The first-order chi connectivity index (χ1) is 23.2. The Morgan fingerprint density at radius 2 is 0.660 bits per heavy atom. The van der Waals surface area contributed by atoms with Crippen LogP contribution in [0.1, 0.15) is 85.0 Å². The summed E-state index contributed by atoms with van der Waals surface area (Å²) in [6.45, 7) is 16.3. The van der Waals surface area contributed by atoms with Crippen LogP contribution in [0, 0.1) is 0 Å². The number of ether oxygens (including phenoxy) is 11. The lowest BCUT2D eigenvalue weighted by Crippen LogP contribution is -2.15. The summed E-state index contributed by atoms with van der Waals surface area (Å²) in [5.41, 5.74) is 0. The van der Waals surface area contributed by atoms with Crippen LogP contribution in [0.15, 0.2) is 0 Å². The molecule has 47 heavy (non-hydrogen) atoms. The molecule has 12 heteroatoms. The van der Waals surface area contributed by atoms with Gasteiger partial charge in [-0.05, 0) is 20.3 Å². The van der Waals surface area contributed by atoms with Gasteiger partial charge in [-0.1, -0.05) is 58.3 Å². The van der Waals surface area contributed by atoms with Crippen LogP contribution in [-0.4, -0.2) is 144 Å². The third-order valence-corrected chi connectivity index (χ3v) is 6.63. The smallest absolute Gasteiger partial charge is 0.305 e. The minimum atomic E-state index is -0.135. The monoisotopic (exact) mass is 682 g/mol. The van der Waals surface area contributed by atoms with E-state index in [1.165, 1.54) is 44.9 Å². The second-order valence-electron chi connectivity index (χ2n) is 11.2. The maximum Gasteiger partial charge on any atom is 0.305 e. The summed E-state index contributed by atoms with van der Waals surface area (Å²) in [6.07, 6.45) is 11.8. The number of rotatable bonds is 41. The third-order valence-electron chi connectivity index (χ3n) is 6.63. The quantitative estimate of drug-likeness (QED) is 0.0636. The van der Waals surface area contributed by atoms with Crippen molar-refractivity contribution in [2.45, 2.75) is 91.1 Å². The summed E-state index contributed by atoms with van der Waals surface area (Å²) in [6, 6.07) is 0. The van der Waals surface area contributed by atoms with Gasteiger partial charge in [0.15, 0.2) is 0 Å². The summed E-state index contributed by atoms with van der Waals surface area (Å²) in [4.78, 5) is 11.8. The molecule has 0 atom stereocenters. The van der Waals surface area contributed by atoms with Crippen LogP contribution in [0.2, 0.25) is 0 Å². The molecule has 0 fully saturated rings. The van der Waals surface area contributed by atoms with Crippen molar-refractivity contribution in [1.82, 2.24) is 0 Å². The molecule has 0 rings (SSSR count). The molecule has 0 aliphatic carbocycles. The van der Waals surface area contributed by atoms with Crippen molar-refractivity contribution in [3.05, 3.63) is 0 Å². The van der Waals surface area contributed by atoms with Gasteiger partial charge in [-0.25, -0.2) is 0 Å². The van der Waals surface area contributed by atoms with E-state index in [0.717, 1.165) is 12.8 Å². The Bertz CT molecular complexity index is 597. The largest absolute Gasteiger partial charge is 0.463 e. The molecule has 0 spiro atoms. The molecule has 0 aromatic rings. The van der Waals surface area contributed by atoms with Crippen molar-refractivity contribution in [1.29, 1.82) is 0 Å². The molecule has 0 aromatic heterocycles. The van der Waals surface area contributed by atoms with Crippen molar-refractivity contribution >= 4 is 5.97 Å². The first kappa shape index (κ1) is 46.1. The average molecular weight is 683 g/mol. The molecule has 0 N–H and O–H groups in total. The highest BCUT2D eigenvalue weighted by Crippen LogP contribution is 2.10. The molecule has 0 amide bonds. The molecule has 0 heterocycles. The highest BCUT2D eigenvalue weighted by Gasteiger charge is 2.03. The van der Waals surface area contributed by atoms with E-state index in [1.54, 1.807) is 0 Å². The maximum atomic E-state index is 11.8.